The van der Waals surface area contributed by atoms with Gasteiger partial charge in [0.1, 0.15) is 12.1 Å². The Morgan fingerprint density at radius 2 is 1.57 bits per heavy atom. The van der Waals surface area contributed by atoms with Crippen LogP contribution >= 0.6 is 0 Å². The first-order chi connectivity index (χ1) is 13.6. The van der Waals surface area contributed by atoms with Crippen LogP contribution in [0.2, 0.25) is 0 Å². The van der Waals surface area contributed by atoms with Gasteiger partial charge in [0.05, 0.1) is 17.2 Å². The standard InChI is InChI=1S/C20H21N5O3/c1-3-14-9-5-6-10-15(14)23-19-18(25(26)27)20(22-13-21-19)24-16-11-7-8-12-17(16)28-4-2/h5-13H,3-4H2,1-2H3,(H2,21,22,23,24). The highest BCUT2D eigenvalue weighted by Gasteiger charge is 2.24. The van der Waals surface area contributed by atoms with Gasteiger partial charge in [-0.3, -0.25) is 10.1 Å². The first kappa shape index (κ1) is 19.1. The Balaban J connectivity index is 2.00. The lowest BCUT2D eigenvalue weighted by atomic mass is 10.1. The highest BCUT2D eigenvalue weighted by molar-refractivity contribution is 5.78. The summed E-state index contributed by atoms with van der Waals surface area (Å²) in [5, 5.41) is 17.9. The summed E-state index contributed by atoms with van der Waals surface area (Å²) in [5.74, 6) is 0.796. The molecule has 0 atom stereocenters. The van der Waals surface area contributed by atoms with Crippen LogP contribution in [0.15, 0.2) is 54.9 Å². The third kappa shape index (κ3) is 4.17. The maximum absolute atomic E-state index is 11.8. The summed E-state index contributed by atoms with van der Waals surface area (Å²) in [6, 6.07) is 14.8. The molecule has 8 heteroatoms. The summed E-state index contributed by atoms with van der Waals surface area (Å²) in [5.41, 5.74) is 2.16. The molecule has 1 heterocycles. The Kier molecular flexibility index (Phi) is 6.01. The largest absolute Gasteiger partial charge is 0.492 e. The lowest BCUT2D eigenvalue weighted by Gasteiger charge is -2.14. The number of para-hydroxylation sites is 3. The van der Waals surface area contributed by atoms with Crippen molar-refractivity contribution in [2.24, 2.45) is 0 Å². The van der Waals surface area contributed by atoms with E-state index in [1.54, 1.807) is 12.1 Å². The zero-order valence-electron chi connectivity index (χ0n) is 15.7. The van der Waals surface area contributed by atoms with Gasteiger partial charge in [0.15, 0.2) is 0 Å². The summed E-state index contributed by atoms with van der Waals surface area (Å²) in [7, 11) is 0. The van der Waals surface area contributed by atoms with Gasteiger partial charge in [-0.05, 0) is 37.1 Å². The lowest BCUT2D eigenvalue weighted by molar-refractivity contribution is -0.383. The SMILES string of the molecule is CCOc1ccccc1Nc1ncnc(Nc2ccccc2CC)c1[N+](=O)[O-]. The molecule has 2 N–H and O–H groups in total. The van der Waals surface area contributed by atoms with Crippen molar-refractivity contribution >= 4 is 28.7 Å². The second-order valence-corrected chi connectivity index (χ2v) is 5.87. The van der Waals surface area contributed by atoms with E-state index in [-0.39, 0.29) is 17.3 Å². The Hall–Kier alpha value is -3.68. The number of hydrogen-bond acceptors (Lipinski definition) is 7. The Morgan fingerprint density at radius 3 is 2.21 bits per heavy atom. The summed E-state index contributed by atoms with van der Waals surface area (Å²) in [6.07, 6.45) is 2.07. The topological polar surface area (TPSA) is 102 Å². The second kappa shape index (κ2) is 8.81. The van der Waals surface area contributed by atoms with Crippen LogP contribution in [0.5, 0.6) is 5.75 Å². The third-order valence-electron chi connectivity index (χ3n) is 4.10. The Labute approximate surface area is 162 Å². The number of nitro groups is 1. The summed E-state index contributed by atoms with van der Waals surface area (Å²) >= 11 is 0. The molecule has 0 bridgehead atoms. The van der Waals surface area contributed by atoms with Crippen molar-refractivity contribution in [3.05, 3.63) is 70.5 Å². The molecule has 0 radical (unpaired) electrons. The molecule has 0 saturated heterocycles. The van der Waals surface area contributed by atoms with Crippen molar-refractivity contribution in [1.82, 2.24) is 9.97 Å². The lowest BCUT2D eigenvalue weighted by Crippen LogP contribution is -2.07. The molecular formula is C20H21N5O3. The molecule has 3 rings (SSSR count). The molecular weight excluding hydrogens is 358 g/mol. The van der Waals surface area contributed by atoms with E-state index in [1.165, 1.54) is 6.33 Å². The van der Waals surface area contributed by atoms with Crippen LogP contribution in [0.3, 0.4) is 0 Å². The quantitative estimate of drug-likeness (QED) is 0.427. The molecule has 2 aromatic carbocycles. The van der Waals surface area contributed by atoms with E-state index in [4.69, 9.17) is 4.74 Å². The van der Waals surface area contributed by atoms with Gasteiger partial charge in [-0.1, -0.05) is 37.3 Å². The fraction of sp³-hybridized carbons (Fsp3) is 0.200. The predicted molar refractivity (Wildman–Crippen MR) is 109 cm³/mol. The van der Waals surface area contributed by atoms with Crippen LogP contribution in [0.1, 0.15) is 19.4 Å². The first-order valence-corrected chi connectivity index (χ1v) is 8.97. The van der Waals surface area contributed by atoms with Crippen LogP contribution in [-0.2, 0) is 6.42 Å². The van der Waals surface area contributed by atoms with Gasteiger partial charge >= 0.3 is 5.69 Å². The van der Waals surface area contributed by atoms with Crippen LogP contribution in [0.25, 0.3) is 0 Å². The zero-order chi connectivity index (χ0) is 19.9. The minimum atomic E-state index is -0.498. The summed E-state index contributed by atoms with van der Waals surface area (Å²) in [6.45, 7) is 4.37. The molecule has 8 nitrogen and oxygen atoms in total. The van der Waals surface area contributed by atoms with Crippen molar-refractivity contribution in [2.75, 3.05) is 17.2 Å². The van der Waals surface area contributed by atoms with E-state index >= 15 is 0 Å². The zero-order valence-corrected chi connectivity index (χ0v) is 15.7. The average Bonchev–Trinajstić information content (AvgIpc) is 2.70. The molecule has 28 heavy (non-hydrogen) atoms. The van der Waals surface area contributed by atoms with E-state index in [0.29, 0.717) is 18.0 Å². The molecule has 0 saturated carbocycles. The molecule has 0 unspecified atom stereocenters. The molecule has 144 valence electrons. The normalized spacial score (nSPS) is 10.4. The van der Waals surface area contributed by atoms with Crippen molar-refractivity contribution in [1.29, 1.82) is 0 Å². The van der Waals surface area contributed by atoms with Gasteiger partial charge < -0.3 is 15.4 Å². The highest BCUT2D eigenvalue weighted by atomic mass is 16.6. The maximum Gasteiger partial charge on any atom is 0.353 e. The van der Waals surface area contributed by atoms with Crippen molar-refractivity contribution in [3.8, 4) is 5.75 Å². The van der Waals surface area contributed by atoms with E-state index in [2.05, 4.69) is 20.6 Å². The second-order valence-electron chi connectivity index (χ2n) is 5.87. The number of benzene rings is 2. The van der Waals surface area contributed by atoms with Gasteiger partial charge in [-0.2, -0.15) is 0 Å². The van der Waals surface area contributed by atoms with Gasteiger partial charge in [0.2, 0.25) is 11.6 Å². The number of anilines is 4. The maximum atomic E-state index is 11.8. The average molecular weight is 379 g/mol. The summed E-state index contributed by atoms with van der Waals surface area (Å²) in [4.78, 5) is 19.5. The molecule has 0 aliphatic heterocycles. The van der Waals surface area contributed by atoms with Crippen LogP contribution in [-0.4, -0.2) is 21.5 Å². The monoisotopic (exact) mass is 379 g/mol. The van der Waals surface area contributed by atoms with E-state index in [0.717, 1.165) is 17.7 Å². The highest BCUT2D eigenvalue weighted by Crippen LogP contribution is 2.35. The number of aromatic nitrogens is 2. The van der Waals surface area contributed by atoms with Crippen LogP contribution < -0.4 is 15.4 Å². The van der Waals surface area contributed by atoms with E-state index in [1.807, 2.05) is 50.2 Å². The molecule has 3 aromatic rings. The molecule has 0 spiro atoms. The van der Waals surface area contributed by atoms with Crippen molar-refractivity contribution in [3.63, 3.8) is 0 Å². The summed E-state index contributed by atoms with van der Waals surface area (Å²) < 4.78 is 5.57. The Bertz CT molecular complexity index is 978. The van der Waals surface area contributed by atoms with E-state index < -0.39 is 4.92 Å². The first-order valence-electron chi connectivity index (χ1n) is 8.97. The molecule has 0 aliphatic carbocycles. The fourth-order valence-electron chi connectivity index (χ4n) is 2.79. The van der Waals surface area contributed by atoms with Gasteiger partial charge in [0, 0.05) is 5.69 Å². The smallest absolute Gasteiger partial charge is 0.353 e. The van der Waals surface area contributed by atoms with Gasteiger partial charge in [-0.25, -0.2) is 9.97 Å². The van der Waals surface area contributed by atoms with Crippen molar-refractivity contribution < 1.29 is 9.66 Å². The molecule has 0 fully saturated rings. The van der Waals surface area contributed by atoms with Crippen LogP contribution in [0, 0.1) is 10.1 Å². The van der Waals surface area contributed by atoms with Crippen molar-refractivity contribution in [2.45, 2.75) is 20.3 Å². The molecule has 0 aliphatic rings. The third-order valence-corrected chi connectivity index (χ3v) is 4.10. The minimum Gasteiger partial charge on any atom is -0.492 e. The number of nitrogens with one attached hydrogen (secondary N) is 2. The van der Waals surface area contributed by atoms with E-state index in [9.17, 15) is 10.1 Å². The number of nitrogens with zero attached hydrogens (tertiary/aromatic N) is 3. The molecule has 1 aromatic heterocycles. The van der Waals surface area contributed by atoms with Gasteiger partial charge in [0.25, 0.3) is 0 Å². The Morgan fingerprint density at radius 1 is 0.964 bits per heavy atom. The number of rotatable bonds is 8. The van der Waals surface area contributed by atoms with Gasteiger partial charge in [-0.15, -0.1) is 0 Å². The fourth-order valence-corrected chi connectivity index (χ4v) is 2.79. The molecule has 0 amide bonds. The van der Waals surface area contributed by atoms with Crippen LogP contribution in [0.4, 0.5) is 28.7 Å². The predicted octanol–water partition coefficient (Wildman–Crippen LogP) is 4.83. The number of aryl methyl sites for hydroxylation is 1. The number of hydrogen-bond donors (Lipinski definition) is 2. The minimum absolute atomic E-state index is 0.0867. The number of ether oxygens (including phenoxy) is 1.